The summed E-state index contributed by atoms with van der Waals surface area (Å²) in [5.41, 5.74) is 10.2. The van der Waals surface area contributed by atoms with Crippen LogP contribution in [0.2, 0.25) is 0 Å². The highest BCUT2D eigenvalue weighted by molar-refractivity contribution is 6.14. The van der Waals surface area contributed by atoms with E-state index >= 15 is 0 Å². The number of nitrogens with zero attached hydrogens (tertiary/aromatic N) is 3. The molecule has 0 atom stereocenters. The van der Waals surface area contributed by atoms with Gasteiger partial charge in [-0.2, -0.15) is 0 Å². The molecule has 0 N–H and O–H groups in total. The van der Waals surface area contributed by atoms with Gasteiger partial charge in [-0.1, -0.05) is 170 Å². The molecule has 0 radical (unpaired) electrons. The normalized spacial score (nSPS) is 11.5. The molecule has 10 rings (SSSR count). The Labute approximate surface area is 301 Å². The average Bonchev–Trinajstić information content (AvgIpc) is 3.23. The van der Waals surface area contributed by atoms with Crippen LogP contribution in [0.25, 0.3) is 99.5 Å². The number of rotatable bonds is 5. The molecule has 2 aromatic heterocycles. The molecular formula is C49H31N3. The van der Waals surface area contributed by atoms with Gasteiger partial charge in [0, 0.05) is 27.6 Å². The lowest BCUT2D eigenvalue weighted by Gasteiger charge is -2.14. The van der Waals surface area contributed by atoms with E-state index in [9.17, 15) is 0 Å². The summed E-state index contributed by atoms with van der Waals surface area (Å²) in [7, 11) is 0. The fraction of sp³-hybridized carbons (Fsp3) is 0. The van der Waals surface area contributed by atoms with Gasteiger partial charge in [0.05, 0.1) is 22.6 Å². The van der Waals surface area contributed by atoms with Crippen molar-refractivity contribution in [2.24, 2.45) is 0 Å². The molecule has 0 saturated heterocycles. The number of benzene rings is 8. The maximum atomic E-state index is 5.26. The summed E-state index contributed by atoms with van der Waals surface area (Å²) in [5.74, 6) is 0.709. The lowest BCUT2D eigenvalue weighted by molar-refractivity contribution is 1.19. The molecule has 0 aliphatic rings. The second-order valence-electron chi connectivity index (χ2n) is 13.2. The smallest absolute Gasteiger partial charge is 0.161 e. The third-order valence-corrected chi connectivity index (χ3v) is 10.1. The first kappa shape index (κ1) is 29.9. The van der Waals surface area contributed by atoms with Gasteiger partial charge in [-0.3, -0.25) is 0 Å². The van der Waals surface area contributed by atoms with E-state index < -0.39 is 0 Å². The summed E-state index contributed by atoms with van der Waals surface area (Å²) in [6, 6.07) is 66.2. The van der Waals surface area contributed by atoms with E-state index in [4.69, 9.17) is 15.0 Å². The van der Waals surface area contributed by atoms with Gasteiger partial charge in [0.15, 0.2) is 5.82 Å². The number of hydrogen-bond acceptors (Lipinski definition) is 3. The van der Waals surface area contributed by atoms with Gasteiger partial charge in [0.1, 0.15) is 0 Å². The maximum Gasteiger partial charge on any atom is 0.161 e. The Bertz CT molecular complexity index is 2840. The van der Waals surface area contributed by atoms with Crippen LogP contribution < -0.4 is 0 Å². The van der Waals surface area contributed by atoms with Gasteiger partial charge < -0.3 is 0 Å². The Balaban J connectivity index is 1.16. The van der Waals surface area contributed by atoms with Crippen molar-refractivity contribution in [3.05, 3.63) is 188 Å². The Morgan fingerprint density at radius 1 is 0.288 bits per heavy atom. The highest BCUT2D eigenvalue weighted by atomic mass is 14.9. The first-order chi connectivity index (χ1) is 25.8. The zero-order valence-electron chi connectivity index (χ0n) is 28.2. The van der Waals surface area contributed by atoms with Crippen LogP contribution in [-0.4, -0.2) is 15.0 Å². The van der Waals surface area contributed by atoms with Gasteiger partial charge >= 0.3 is 0 Å². The van der Waals surface area contributed by atoms with Crippen LogP contribution in [-0.2, 0) is 0 Å². The second kappa shape index (κ2) is 12.4. The van der Waals surface area contributed by atoms with Crippen molar-refractivity contribution in [2.45, 2.75) is 0 Å². The van der Waals surface area contributed by atoms with Gasteiger partial charge in [0.25, 0.3) is 0 Å². The molecule has 0 amide bonds. The minimum Gasteiger partial charge on any atom is -0.248 e. The molecule has 0 unspecified atom stereocenters. The van der Waals surface area contributed by atoms with Crippen LogP contribution in [0.4, 0.5) is 0 Å². The third kappa shape index (κ3) is 5.19. The zero-order valence-corrected chi connectivity index (χ0v) is 28.2. The van der Waals surface area contributed by atoms with Crippen molar-refractivity contribution < 1.29 is 0 Å². The molecule has 0 fully saturated rings. The molecule has 0 aliphatic carbocycles. The monoisotopic (exact) mass is 661 g/mol. The van der Waals surface area contributed by atoms with Crippen molar-refractivity contribution in [1.82, 2.24) is 15.0 Å². The Morgan fingerprint density at radius 2 is 0.808 bits per heavy atom. The molecule has 3 nitrogen and oxygen atoms in total. The molecule has 52 heavy (non-hydrogen) atoms. The van der Waals surface area contributed by atoms with Crippen LogP contribution in [0.1, 0.15) is 0 Å². The lowest BCUT2D eigenvalue weighted by atomic mass is 9.93. The minimum atomic E-state index is 0.709. The van der Waals surface area contributed by atoms with Crippen molar-refractivity contribution in [1.29, 1.82) is 0 Å². The molecule has 3 heteroatoms. The van der Waals surface area contributed by atoms with E-state index in [-0.39, 0.29) is 0 Å². The topological polar surface area (TPSA) is 38.7 Å². The number of pyridine rings is 1. The van der Waals surface area contributed by atoms with Crippen molar-refractivity contribution >= 4 is 43.2 Å². The first-order valence-corrected chi connectivity index (χ1v) is 17.6. The van der Waals surface area contributed by atoms with Crippen molar-refractivity contribution in [2.75, 3.05) is 0 Å². The quantitative estimate of drug-likeness (QED) is 0.172. The average molecular weight is 662 g/mol. The highest BCUT2D eigenvalue weighted by Gasteiger charge is 2.16. The summed E-state index contributed by atoms with van der Waals surface area (Å²) < 4.78 is 0. The Morgan fingerprint density at radius 3 is 1.54 bits per heavy atom. The largest absolute Gasteiger partial charge is 0.248 e. The number of hydrogen-bond donors (Lipinski definition) is 0. The van der Waals surface area contributed by atoms with E-state index in [2.05, 4.69) is 182 Å². The van der Waals surface area contributed by atoms with Gasteiger partial charge in [-0.05, 0) is 61.6 Å². The molecule has 10 aromatic rings. The summed E-state index contributed by atoms with van der Waals surface area (Å²) in [6.07, 6.45) is 0. The van der Waals surface area contributed by atoms with E-state index in [0.717, 1.165) is 72.1 Å². The van der Waals surface area contributed by atoms with E-state index in [1.165, 1.54) is 21.5 Å². The SMILES string of the molecule is c1ccc(-c2cc(-c3ccc(-c4cc(-c5cccc6ccccc56)nc(-c5cccc6ccccc56)n4)cc3)c3c(ccc4ccccc43)n2)cc1. The number of aromatic nitrogens is 3. The van der Waals surface area contributed by atoms with E-state index in [1.807, 2.05) is 6.07 Å². The molecule has 0 saturated carbocycles. The summed E-state index contributed by atoms with van der Waals surface area (Å²) in [5, 5.41) is 8.20. The third-order valence-electron chi connectivity index (χ3n) is 10.1. The maximum absolute atomic E-state index is 5.26. The molecule has 242 valence electrons. The van der Waals surface area contributed by atoms with E-state index in [1.54, 1.807) is 0 Å². The van der Waals surface area contributed by atoms with Gasteiger partial charge in [-0.15, -0.1) is 0 Å². The van der Waals surface area contributed by atoms with Crippen LogP contribution in [0.3, 0.4) is 0 Å². The standard InChI is InChI=1S/C49H31N3/c1-2-15-36(16-3-1)45-30-43(48-40-21-9-6-14-34(40)28-29-44(48)50-45)35-24-26-37(27-25-35)46-31-47(41-22-10-17-32-12-4-7-19-38(32)41)52-49(51-46)42-23-11-18-33-13-5-8-20-39(33)42/h1-31H. The fourth-order valence-corrected chi connectivity index (χ4v) is 7.53. The Kier molecular flexibility index (Phi) is 7.14. The van der Waals surface area contributed by atoms with Crippen molar-refractivity contribution in [3.63, 3.8) is 0 Å². The first-order valence-electron chi connectivity index (χ1n) is 17.6. The van der Waals surface area contributed by atoms with Crippen LogP contribution in [0.5, 0.6) is 0 Å². The lowest BCUT2D eigenvalue weighted by Crippen LogP contribution is -1.97. The molecule has 0 spiro atoms. The zero-order chi connectivity index (χ0) is 34.4. The van der Waals surface area contributed by atoms with Crippen molar-refractivity contribution in [3.8, 4) is 56.3 Å². The van der Waals surface area contributed by atoms with Crippen LogP contribution >= 0.6 is 0 Å². The molecule has 2 heterocycles. The second-order valence-corrected chi connectivity index (χ2v) is 13.2. The molecule has 0 bridgehead atoms. The van der Waals surface area contributed by atoms with Crippen LogP contribution in [0.15, 0.2) is 188 Å². The number of fused-ring (bicyclic) bond motifs is 5. The van der Waals surface area contributed by atoms with Gasteiger partial charge in [-0.25, -0.2) is 15.0 Å². The van der Waals surface area contributed by atoms with Gasteiger partial charge in [0.2, 0.25) is 0 Å². The molecule has 8 aromatic carbocycles. The predicted molar refractivity (Wildman–Crippen MR) is 217 cm³/mol. The summed E-state index contributed by atoms with van der Waals surface area (Å²) in [6.45, 7) is 0. The molecule has 0 aliphatic heterocycles. The fourth-order valence-electron chi connectivity index (χ4n) is 7.53. The minimum absolute atomic E-state index is 0.709. The van der Waals surface area contributed by atoms with E-state index in [0.29, 0.717) is 5.82 Å². The predicted octanol–water partition coefficient (Wildman–Crippen LogP) is 12.8. The molecular weight excluding hydrogens is 631 g/mol. The van der Waals surface area contributed by atoms with Crippen LogP contribution in [0, 0.1) is 0 Å². The summed E-state index contributed by atoms with van der Waals surface area (Å²) in [4.78, 5) is 15.7. The highest BCUT2D eigenvalue weighted by Crippen LogP contribution is 2.38. The summed E-state index contributed by atoms with van der Waals surface area (Å²) >= 11 is 0. The Hall–Kier alpha value is -6.97.